The van der Waals surface area contributed by atoms with Crippen LogP contribution in [0.5, 0.6) is 0 Å². The number of fused-ring (bicyclic) bond motifs is 1. The lowest BCUT2D eigenvalue weighted by atomic mass is 9.79. The third kappa shape index (κ3) is 3.99. The molecule has 1 aromatic heterocycles. The molecular weight excluding hydrogens is 371 g/mol. The summed E-state index contributed by atoms with van der Waals surface area (Å²) >= 11 is 0. The zero-order valence-electron chi connectivity index (χ0n) is 16.9. The maximum atomic E-state index is 12.0. The van der Waals surface area contributed by atoms with Crippen molar-refractivity contribution in [1.29, 1.82) is 0 Å². The number of ether oxygens (including phenoxy) is 1. The number of carbonyl (C=O) groups is 1. The van der Waals surface area contributed by atoms with Crippen molar-refractivity contribution in [2.24, 2.45) is 0 Å². The van der Waals surface area contributed by atoms with Gasteiger partial charge in [-0.2, -0.15) is 4.98 Å². The predicted molar refractivity (Wildman–Crippen MR) is 110 cm³/mol. The van der Waals surface area contributed by atoms with E-state index in [4.69, 9.17) is 18.5 Å². The van der Waals surface area contributed by atoms with Crippen LogP contribution >= 0.6 is 0 Å². The van der Waals surface area contributed by atoms with E-state index in [1.807, 2.05) is 70.2 Å². The lowest BCUT2D eigenvalue weighted by molar-refractivity contribution is 0.00578. The summed E-state index contributed by atoms with van der Waals surface area (Å²) in [5.41, 5.74) is 2.02. The number of hydrogen-bond acceptors (Lipinski definition) is 6. The van der Waals surface area contributed by atoms with Gasteiger partial charge in [0.05, 0.1) is 11.2 Å². The highest BCUT2D eigenvalue weighted by Gasteiger charge is 2.51. The molecule has 3 aromatic rings. The summed E-state index contributed by atoms with van der Waals surface area (Å²) in [4.78, 5) is 16.3. The Balaban J connectivity index is 1.44. The summed E-state index contributed by atoms with van der Waals surface area (Å²) in [5, 5.41) is 2.52. The summed E-state index contributed by atoms with van der Waals surface area (Å²) in [6, 6.07) is 15.0. The van der Waals surface area contributed by atoms with Gasteiger partial charge in [-0.15, -0.1) is 0 Å². The highest BCUT2D eigenvalue weighted by atomic mass is 16.7. The number of hydrogen-bond donors (Lipinski definition) is 1. The van der Waals surface area contributed by atoms with Gasteiger partial charge in [0.15, 0.2) is 5.58 Å². The zero-order chi connectivity index (χ0) is 20.6. The van der Waals surface area contributed by atoms with Crippen molar-refractivity contribution in [2.45, 2.75) is 45.5 Å². The second-order valence-corrected chi connectivity index (χ2v) is 8.02. The van der Waals surface area contributed by atoms with Gasteiger partial charge in [0.1, 0.15) is 12.1 Å². The van der Waals surface area contributed by atoms with Crippen LogP contribution in [-0.4, -0.2) is 29.4 Å². The van der Waals surface area contributed by atoms with E-state index >= 15 is 0 Å². The number of oxazole rings is 1. The fraction of sp³-hybridized carbons (Fsp3) is 0.333. The number of nitrogens with one attached hydrogen (secondary N) is 1. The number of benzene rings is 2. The minimum atomic E-state index is -0.633. The molecule has 7 nitrogen and oxygen atoms in total. The Kier molecular flexibility index (Phi) is 4.84. The normalized spacial score (nSPS) is 17.4. The average molecular weight is 394 g/mol. The van der Waals surface area contributed by atoms with Crippen LogP contribution in [0.1, 0.15) is 33.3 Å². The summed E-state index contributed by atoms with van der Waals surface area (Å²) in [7, 11) is -0.492. The quantitative estimate of drug-likeness (QED) is 0.677. The van der Waals surface area contributed by atoms with E-state index in [1.165, 1.54) is 0 Å². The molecule has 8 heteroatoms. The topological polar surface area (TPSA) is 82.8 Å². The molecule has 1 amide bonds. The van der Waals surface area contributed by atoms with Crippen LogP contribution in [0.15, 0.2) is 52.9 Å². The molecule has 0 saturated carbocycles. The van der Waals surface area contributed by atoms with Gasteiger partial charge in [-0.25, -0.2) is 10.1 Å². The van der Waals surface area contributed by atoms with E-state index in [-0.39, 0.29) is 12.6 Å². The van der Waals surface area contributed by atoms with Gasteiger partial charge in [-0.3, -0.25) is 0 Å². The molecule has 2 heterocycles. The Labute approximate surface area is 169 Å². The van der Waals surface area contributed by atoms with Crippen molar-refractivity contribution in [3.05, 3.63) is 54.1 Å². The summed E-state index contributed by atoms with van der Waals surface area (Å²) < 4.78 is 22.9. The zero-order valence-corrected chi connectivity index (χ0v) is 16.9. The maximum absolute atomic E-state index is 12.0. The van der Waals surface area contributed by atoms with Crippen LogP contribution in [0.2, 0.25) is 0 Å². The SMILES string of the molecule is CC1(C)OB(c2ccc3oc(NC(=O)OCc4ccccc4)nc3c2)OC1(C)C. The summed E-state index contributed by atoms with van der Waals surface area (Å²) in [6.07, 6.45) is -0.633. The van der Waals surface area contributed by atoms with Crippen molar-refractivity contribution in [3.63, 3.8) is 0 Å². The van der Waals surface area contributed by atoms with Crippen molar-refractivity contribution >= 4 is 35.8 Å². The maximum Gasteiger partial charge on any atom is 0.494 e. The second-order valence-electron chi connectivity index (χ2n) is 8.02. The molecule has 0 radical (unpaired) electrons. The monoisotopic (exact) mass is 394 g/mol. The van der Waals surface area contributed by atoms with E-state index in [2.05, 4.69) is 10.3 Å². The molecule has 4 rings (SSSR count). The third-order valence-electron chi connectivity index (χ3n) is 5.36. The second kappa shape index (κ2) is 7.20. The Morgan fingerprint density at radius 2 is 1.76 bits per heavy atom. The Morgan fingerprint density at radius 1 is 1.07 bits per heavy atom. The van der Waals surface area contributed by atoms with E-state index in [9.17, 15) is 4.79 Å². The van der Waals surface area contributed by atoms with E-state index < -0.39 is 24.4 Å². The van der Waals surface area contributed by atoms with Gasteiger partial charge in [-0.1, -0.05) is 36.4 Å². The first kappa shape index (κ1) is 19.5. The lowest BCUT2D eigenvalue weighted by Gasteiger charge is -2.32. The molecule has 0 bridgehead atoms. The number of rotatable bonds is 4. The minimum absolute atomic E-state index is 0.0733. The first-order valence-electron chi connectivity index (χ1n) is 9.47. The number of aromatic nitrogens is 1. The highest BCUT2D eigenvalue weighted by Crippen LogP contribution is 2.36. The highest BCUT2D eigenvalue weighted by molar-refractivity contribution is 6.62. The van der Waals surface area contributed by atoms with Crippen LogP contribution in [0.25, 0.3) is 11.1 Å². The molecule has 0 aliphatic carbocycles. The lowest BCUT2D eigenvalue weighted by Crippen LogP contribution is -2.41. The van der Waals surface area contributed by atoms with Gasteiger partial charge in [0, 0.05) is 0 Å². The Bertz CT molecular complexity index is 1020. The smallest absolute Gasteiger partial charge is 0.444 e. The van der Waals surface area contributed by atoms with Crippen LogP contribution < -0.4 is 10.8 Å². The number of carbonyl (C=O) groups excluding carboxylic acids is 1. The van der Waals surface area contributed by atoms with Gasteiger partial charge < -0.3 is 18.5 Å². The van der Waals surface area contributed by atoms with Crippen LogP contribution in [0, 0.1) is 0 Å². The average Bonchev–Trinajstić information content (AvgIpc) is 3.16. The molecule has 1 saturated heterocycles. The molecule has 1 fully saturated rings. The van der Waals surface area contributed by atoms with Crippen molar-refractivity contribution in [2.75, 3.05) is 5.32 Å². The number of nitrogens with zero attached hydrogens (tertiary/aromatic N) is 1. The molecule has 0 spiro atoms. The molecule has 1 aliphatic rings. The molecule has 2 aromatic carbocycles. The number of amides is 1. The summed E-state index contributed by atoms with van der Waals surface area (Å²) in [6.45, 7) is 8.18. The molecule has 0 atom stereocenters. The molecule has 1 aliphatic heterocycles. The van der Waals surface area contributed by atoms with Gasteiger partial charge in [0.2, 0.25) is 0 Å². The Morgan fingerprint density at radius 3 is 2.45 bits per heavy atom. The fourth-order valence-corrected chi connectivity index (χ4v) is 2.97. The van der Waals surface area contributed by atoms with Crippen molar-refractivity contribution in [3.8, 4) is 0 Å². The predicted octanol–water partition coefficient (Wildman–Crippen LogP) is 3.88. The van der Waals surface area contributed by atoms with E-state index in [0.717, 1.165) is 11.0 Å². The van der Waals surface area contributed by atoms with Crippen LogP contribution in [-0.2, 0) is 20.7 Å². The molecule has 0 unspecified atom stereocenters. The minimum Gasteiger partial charge on any atom is -0.444 e. The first-order valence-corrected chi connectivity index (χ1v) is 9.47. The third-order valence-corrected chi connectivity index (χ3v) is 5.36. The standard InChI is InChI=1S/C21H23BN2O5/c1-20(2)21(3,4)29-22(28-20)15-10-11-17-16(12-15)23-18(27-17)24-19(25)26-13-14-8-6-5-7-9-14/h5-12H,13H2,1-4H3,(H,23,24,25). The molecular formula is C21H23BN2O5. The van der Waals surface area contributed by atoms with E-state index in [0.29, 0.717) is 11.1 Å². The molecule has 29 heavy (non-hydrogen) atoms. The van der Waals surface area contributed by atoms with Crippen LogP contribution in [0.3, 0.4) is 0 Å². The Hall–Kier alpha value is -2.84. The van der Waals surface area contributed by atoms with Gasteiger partial charge >= 0.3 is 19.2 Å². The molecule has 1 N–H and O–H groups in total. The molecule has 150 valence electrons. The van der Waals surface area contributed by atoms with Crippen LogP contribution in [0.4, 0.5) is 10.8 Å². The number of anilines is 1. The van der Waals surface area contributed by atoms with Gasteiger partial charge in [-0.05, 0) is 50.9 Å². The fourth-order valence-electron chi connectivity index (χ4n) is 2.97. The first-order chi connectivity index (χ1) is 13.7. The largest absolute Gasteiger partial charge is 0.494 e. The van der Waals surface area contributed by atoms with E-state index in [1.54, 1.807) is 6.07 Å². The van der Waals surface area contributed by atoms with Crippen molar-refractivity contribution < 1.29 is 23.3 Å². The van der Waals surface area contributed by atoms with Gasteiger partial charge in [0.25, 0.3) is 0 Å². The van der Waals surface area contributed by atoms with Crippen molar-refractivity contribution in [1.82, 2.24) is 4.98 Å². The summed E-state index contributed by atoms with van der Waals surface area (Å²) in [5.74, 6) is 0.